The van der Waals surface area contributed by atoms with Gasteiger partial charge in [-0.25, -0.2) is 0 Å². The van der Waals surface area contributed by atoms with Gasteiger partial charge < -0.3 is 27.0 Å². The first-order valence-corrected chi connectivity index (χ1v) is 6.31. The van der Waals surface area contributed by atoms with Gasteiger partial charge in [0.2, 0.25) is 0 Å². The molecular formula is C11H21N5O5. The van der Waals surface area contributed by atoms with E-state index in [2.05, 4.69) is 10.6 Å². The maximum atomic E-state index is 10.6. The van der Waals surface area contributed by atoms with Gasteiger partial charge in [-0.05, 0) is 12.8 Å². The molecule has 1 heterocycles. The van der Waals surface area contributed by atoms with Gasteiger partial charge in [0.05, 0.1) is 0 Å². The van der Waals surface area contributed by atoms with Crippen LogP contribution in [0.2, 0.25) is 0 Å². The molecule has 0 aromatic rings. The lowest BCUT2D eigenvalue weighted by atomic mass is 10.2. The number of carboxylic acids is 2. The Hall–Kier alpha value is -2.20. The molecule has 0 bridgehead atoms. The third-order valence-electron chi connectivity index (χ3n) is 2.61. The molecule has 1 aliphatic rings. The van der Waals surface area contributed by atoms with Gasteiger partial charge in [-0.2, -0.15) is 0 Å². The number of carbonyl (C=O) groups is 3. The fourth-order valence-corrected chi connectivity index (χ4v) is 1.49. The van der Waals surface area contributed by atoms with Gasteiger partial charge in [-0.15, -0.1) is 0 Å². The van der Waals surface area contributed by atoms with Crippen molar-refractivity contribution in [1.82, 2.24) is 10.6 Å². The molecule has 10 nitrogen and oxygen atoms in total. The minimum absolute atomic E-state index is 0.112. The van der Waals surface area contributed by atoms with Crippen molar-refractivity contribution < 1.29 is 24.6 Å². The van der Waals surface area contributed by atoms with Crippen LogP contribution in [0, 0.1) is 5.41 Å². The van der Waals surface area contributed by atoms with Gasteiger partial charge in [0.1, 0.15) is 6.04 Å². The normalized spacial score (nSPS) is 18.3. The van der Waals surface area contributed by atoms with E-state index in [1.807, 2.05) is 0 Å². The van der Waals surface area contributed by atoms with E-state index >= 15 is 0 Å². The van der Waals surface area contributed by atoms with Crippen LogP contribution >= 0.6 is 0 Å². The summed E-state index contributed by atoms with van der Waals surface area (Å²) in [5.74, 6) is -2.41. The zero-order valence-corrected chi connectivity index (χ0v) is 11.5. The summed E-state index contributed by atoms with van der Waals surface area (Å²) in [6, 6.07) is -1.76. The zero-order valence-electron chi connectivity index (χ0n) is 11.5. The summed E-state index contributed by atoms with van der Waals surface area (Å²) in [6.07, 6.45) is 1.32. The number of ketones is 1. The topological polar surface area (TPSA) is 192 Å². The molecule has 0 aliphatic carbocycles. The molecule has 0 saturated carbocycles. The van der Waals surface area contributed by atoms with Gasteiger partial charge in [0.25, 0.3) is 0 Å². The fourth-order valence-electron chi connectivity index (χ4n) is 1.49. The highest BCUT2D eigenvalue weighted by molar-refractivity contribution is 6.03. The van der Waals surface area contributed by atoms with E-state index in [0.29, 0.717) is 32.4 Å². The number of carbonyl (C=O) groups excluding carboxylic acids is 1. The molecular weight excluding hydrogens is 282 g/mol. The summed E-state index contributed by atoms with van der Waals surface area (Å²) in [4.78, 5) is 30.9. The van der Waals surface area contributed by atoms with Crippen molar-refractivity contribution in [2.75, 3.05) is 13.1 Å². The molecule has 1 aliphatic heterocycles. The number of rotatable bonds is 6. The van der Waals surface area contributed by atoms with Crippen molar-refractivity contribution in [3.8, 4) is 0 Å². The third-order valence-corrected chi connectivity index (χ3v) is 2.61. The van der Waals surface area contributed by atoms with Crippen molar-refractivity contribution in [2.24, 2.45) is 11.5 Å². The van der Waals surface area contributed by atoms with Crippen LogP contribution in [0.25, 0.3) is 0 Å². The highest BCUT2D eigenvalue weighted by atomic mass is 16.4. The maximum absolute atomic E-state index is 10.6. The number of hydrogen-bond donors (Lipinski definition) is 7. The summed E-state index contributed by atoms with van der Waals surface area (Å²) in [5.41, 5.74) is 10.2. The SMILES string of the molecule is N=C(N)NCCC[C@H](N)C(=O)O.O=C(O)C1NCCC1=O. The van der Waals surface area contributed by atoms with E-state index in [1.165, 1.54) is 0 Å². The Morgan fingerprint density at radius 3 is 2.43 bits per heavy atom. The van der Waals surface area contributed by atoms with Crippen molar-refractivity contribution in [2.45, 2.75) is 31.3 Å². The largest absolute Gasteiger partial charge is 0.480 e. The predicted molar refractivity (Wildman–Crippen MR) is 73.8 cm³/mol. The van der Waals surface area contributed by atoms with Crippen LogP contribution in [0.15, 0.2) is 0 Å². The smallest absolute Gasteiger partial charge is 0.328 e. The zero-order chi connectivity index (χ0) is 16.4. The highest BCUT2D eigenvalue weighted by Gasteiger charge is 2.29. The Bertz CT molecular complexity index is 400. The molecule has 1 saturated heterocycles. The average molecular weight is 303 g/mol. The van der Waals surface area contributed by atoms with Crippen molar-refractivity contribution in [1.29, 1.82) is 5.41 Å². The number of nitrogens with one attached hydrogen (secondary N) is 3. The molecule has 0 aromatic heterocycles. The molecule has 10 heteroatoms. The van der Waals surface area contributed by atoms with Gasteiger partial charge in [-0.1, -0.05) is 0 Å². The lowest BCUT2D eigenvalue weighted by Gasteiger charge is -2.06. The Morgan fingerprint density at radius 2 is 2.10 bits per heavy atom. The lowest BCUT2D eigenvalue weighted by molar-refractivity contribution is -0.142. The Labute approximate surface area is 121 Å². The highest BCUT2D eigenvalue weighted by Crippen LogP contribution is 1.99. The second kappa shape index (κ2) is 9.66. The second-order valence-corrected chi connectivity index (χ2v) is 4.37. The first-order valence-electron chi connectivity index (χ1n) is 6.31. The standard InChI is InChI=1S/C6H14N4O2.C5H7NO3/c7-4(5(11)12)2-1-3-10-6(8)9;7-3-1-2-6-4(3)5(8)9/h4H,1-3,7H2,(H,11,12)(H4,8,9,10);4,6H,1-2H2,(H,8,9)/t4-;/m0./s1. The molecule has 9 N–H and O–H groups in total. The minimum atomic E-state index is -1.07. The van der Waals surface area contributed by atoms with Gasteiger partial charge in [-0.3, -0.25) is 25.1 Å². The molecule has 1 rings (SSSR count). The summed E-state index contributed by atoms with van der Waals surface area (Å²) < 4.78 is 0. The van der Waals surface area contributed by atoms with Crippen molar-refractivity contribution in [3.05, 3.63) is 0 Å². The Kier molecular flexibility index (Phi) is 8.65. The molecule has 0 spiro atoms. The van der Waals surface area contributed by atoms with Crippen molar-refractivity contribution >= 4 is 23.7 Å². The van der Waals surface area contributed by atoms with Crippen LogP contribution in [-0.4, -0.2) is 59.1 Å². The van der Waals surface area contributed by atoms with Crippen LogP contribution in [-0.2, 0) is 14.4 Å². The summed E-state index contributed by atoms with van der Waals surface area (Å²) in [6.45, 7) is 0.978. The molecule has 120 valence electrons. The van der Waals surface area contributed by atoms with Crippen LogP contribution in [0.4, 0.5) is 0 Å². The van der Waals surface area contributed by atoms with Crippen LogP contribution in [0.5, 0.6) is 0 Å². The van der Waals surface area contributed by atoms with E-state index in [-0.39, 0.29) is 11.7 Å². The number of nitrogens with two attached hydrogens (primary N) is 2. The Balaban J connectivity index is 0.000000394. The number of carboxylic acid groups (broad SMARTS) is 2. The van der Waals surface area contributed by atoms with E-state index in [0.717, 1.165) is 0 Å². The first kappa shape index (κ1) is 18.8. The minimum Gasteiger partial charge on any atom is -0.480 e. The lowest BCUT2D eigenvalue weighted by Crippen LogP contribution is -2.35. The molecule has 1 unspecified atom stereocenters. The Morgan fingerprint density at radius 1 is 1.48 bits per heavy atom. The van der Waals surface area contributed by atoms with Gasteiger partial charge in [0.15, 0.2) is 17.8 Å². The van der Waals surface area contributed by atoms with E-state index in [4.69, 9.17) is 27.1 Å². The van der Waals surface area contributed by atoms with Crippen molar-refractivity contribution in [3.63, 3.8) is 0 Å². The van der Waals surface area contributed by atoms with E-state index < -0.39 is 24.0 Å². The average Bonchev–Trinajstić information content (AvgIpc) is 2.81. The summed E-state index contributed by atoms with van der Waals surface area (Å²) in [7, 11) is 0. The quantitative estimate of drug-likeness (QED) is 0.122. The number of hydrogen-bond acceptors (Lipinski definition) is 6. The molecule has 1 fully saturated rings. The number of aliphatic carboxylic acids is 2. The first-order chi connectivity index (χ1) is 9.75. The molecule has 0 aromatic carbocycles. The summed E-state index contributed by atoms with van der Waals surface area (Å²) in [5, 5.41) is 28.6. The predicted octanol–water partition coefficient (Wildman–Crippen LogP) is -2.34. The van der Waals surface area contributed by atoms with Gasteiger partial charge in [0, 0.05) is 19.5 Å². The van der Waals surface area contributed by atoms with E-state index in [1.54, 1.807) is 0 Å². The maximum Gasteiger partial charge on any atom is 0.328 e. The van der Waals surface area contributed by atoms with Crippen LogP contribution in [0.3, 0.4) is 0 Å². The number of guanidine groups is 1. The third kappa shape index (κ3) is 8.55. The molecule has 0 amide bonds. The second-order valence-electron chi connectivity index (χ2n) is 4.37. The fraction of sp³-hybridized carbons (Fsp3) is 0.636. The molecule has 0 radical (unpaired) electrons. The van der Waals surface area contributed by atoms with E-state index in [9.17, 15) is 14.4 Å². The van der Waals surface area contributed by atoms with Crippen LogP contribution in [0.1, 0.15) is 19.3 Å². The molecule has 21 heavy (non-hydrogen) atoms. The molecule has 2 atom stereocenters. The monoisotopic (exact) mass is 303 g/mol. The number of Topliss-reactive ketones (excluding diaryl/α,β-unsaturated/α-hetero) is 1. The van der Waals surface area contributed by atoms with Gasteiger partial charge >= 0.3 is 11.9 Å². The summed E-state index contributed by atoms with van der Waals surface area (Å²) >= 11 is 0. The van der Waals surface area contributed by atoms with Crippen LogP contribution < -0.4 is 22.1 Å².